The largest absolute Gasteiger partial charge is 0.478 e. The molecule has 0 aliphatic carbocycles. The van der Waals surface area contributed by atoms with E-state index in [2.05, 4.69) is 4.98 Å². The highest BCUT2D eigenvalue weighted by Gasteiger charge is 2.24. The fraction of sp³-hybridized carbons (Fsp3) is 0.231. The monoisotopic (exact) mass is 326 g/mol. The number of carboxylic acids is 1. The molecule has 112 valence electrons. The van der Waals surface area contributed by atoms with E-state index in [4.69, 9.17) is 5.11 Å². The van der Waals surface area contributed by atoms with Crippen molar-refractivity contribution in [2.45, 2.75) is 18.4 Å². The summed E-state index contributed by atoms with van der Waals surface area (Å²) in [5.74, 6) is -1.16. The fourth-order valence-corrected chi connectivity index (χ4v) is 3.75. The quantitative estimate of drug-likeness (QED) is 0.907. The van der Waals surface area contributed by atoms with Crippen LogP contribution in [0.2, 0.25) is 0 Å². The third-order valence-corrected chi connectivity index (χ3v) is 5.57. The Bertz CT molecular complexity index is 754. The van der Waals surface area contributed by atoms with Crippen LogP contribution < -0.4 is 0 Å². The van der Waals surface area contributed by atoms with Crippen molar-refractivity contribution in [1.82, 2.24) is 9.29 Å². The highest BCUT2D eigenvalue weighted by atomic mass is 32.2. The molecule has 6 nitrogen and oxygen atoms in total. The van der Waals surface area contributed by atoms with E-state index in [0.717, 1.165) is 4.31 Å². The van der Waals surface area contributed by atoms with Gasteiger partial charge in [0.05, 0.1) is 28.2 Å². The van der Waals surface area contributed by atoms with E-state index >= 15 is 0 Å². The van der Waals surface area contributed by atoms with Crippen molar-refractivity contribution in [1.29, 1.82) is 0 Å². The van der Waals surface area contributed by atoms with Gasteiger partial charge in [-0.3, -0.25) is 0 Å². The lowest BCUT2D eigenvalue weighted by atomic mass is 10.1. The number of nitrogens with zero attached hydrogens (tertiary/aromatic N) is 2. The summed E-state index contributed by atoms with van der Waals surface area (Å²) >= 11 is 1.39. The summed E-state index contributed by atoms with van der Waals surface area (Å²) in [6, 6.07) is 4.06. The van der Waals surface area contributed by atoms with E-state index in [1.54, 1.807) is 17.8 Å². The minimum Gasteiger partial charge on any atom is -0.478 e. The average Bonchev–Trinajstić information content (AvgIpc) is 2.91. The van der Waals surface area contributed by atoms with E-state index in [-0.39, 0.29) is 17.0 Å². The van der Waals surface area contributed by atoms with Crippen LogP contribution in [0.4, 0.5) is 0 Å². The molecular weight excluding hydrogens is 312 g/mol. The molecule has 2 aromatic rings. The molecule has 0 atom stereocenters. The minimum atomic E-state index is -3.77. The molecule has 1 aromatic heterocycles. The molecule has 0 aliphatic heterocycles. The molecule has 0 saturated carbocycles. The van der Waals surface area contributed by atoms with Crippen molar-refractivity contribution in [3.63, 3.8) is 0 Å². The third-order valence-electron chi connectivity index (χ3n) is 2.99. The van der Waals surface area contributed by atoms with Gasteiger partial charge in [-0.15, -0.1) is 11.3 Å². The van der Waals surface area contributed by atoms with Crippen LogP contribution in [-0.4, -0.2) is 35.8 Å². The Labute approximate surface area is 126 Å². The van der Waals surface area contributed by atoms with Gasteiger partial charge in [-0.25, -0.2) is 18.2 Å². The predicted octanol–water partition coefficient (Wildman–Crippen LogP) is 1.97. The van der Waals surface area contributed by atoms with E-state index < -0.39 is 16.0 Å². The fourth-order valence-electron chi connectivity index (χ4n) is 1.81. The molecule has 21 heavy (non-hydrogen) atoms. The normalized spacial score (nSPS) is 11.8. The first-order valence-electron chi connectivity index (χ1n) is 5.99. The van der Waals surface area contributed by atoms with E-state index in [1.165, 1.54) is 36.6 Å². The van der Waals surface area contributed by atoms with Gasteiger partial charge in [-0.2, -0.15) is 4.31 Å². The number of aromatic nitrogens is 1. The minimum absolute atomic E-state index is 0.000120. The standard InChI is InChI=1S/C13H14N2O4S2/c1-9-3-4-10(13(16)17)5-12(9)21(18,19)15(2)6-11-7-20-8-14-11/h3-5,7-8H,6H2,1-2H3,(H,16,17). The van der Waals surface area contributed by atoms with Crippen LogP contribution in [0.5, 0.6) is 0 Å². The van der Waals surface area contributed by atoms with Crippen LogP contribution in [0.3, 0.4) is 0 Å². The summed E-state index contributed by atoms with van der Waals surface area (Å²) < 4.78 is 26.3. The lowest BCUT2D eigenvalue weighted by Gasteiger charge is -2.18. The highest BCUT2D eigenvalue weighted by molar-refractivity contribution is 7.89. The van der Waals surface area contributed by atoms with Crippen molar-refractivity contribution < 1.29 is 18.3 Å². The van der Waals surface area contributed by atoms with Gasteiger partial charge in [0, 0.05) is 12.4 Å². The Kier molecular flexibility index (Phi) is 4.40. The number of hydrogen-bond acceptors (Lipinski definition) is 5. The maximum atomic E-state index is 12.6. The number of aryl methyl sites for hydroxylation is 1. The Morgan fingerprint density at radius 3 is 2.71 bits per heavy atom. The maximum Gasteiger partial charge on any atom is 0.335 e. The molecule has 0 spiro atoms. The molecule has 2 rings (SSSR count). The summed E-state index contributed by atoms with van der Waals surface area (Å²) in [6.45, 7) is 1.78. The summed E-state index contributed by atoms with van der Waals surface area (Å²) in [7, 11) is -2.32. The molecule has 1 heterocycles. The Morgan fingerprint density at radius 2 is 2.14 bits per heavy atom. The van der Waals surface area contributed by atoms with Crippen LogP contribution in [0.25, 0.3) is 0 Å². The number of hydrogen-bond donors (Lipinski definition) is 1. The summed E-state index contributed by atoms with van der Waals surface area (Å²) in [6.07, 6.45) is 0. The van der Waals surface area contributed by atoms with Crippen molar-refractivity contribution in [2.24, 2.45) is 0 Å². The van der Waals surface area contributed by atoms with Crippen molar-refractivity contribution >= 4 is 27.3 Å². The van der Waals surface area contributed by atoms with Crippen molar-refractivity contribution in [2.75, 3.05) is 7.05 Å². The first kappa shape index (κ1) is 15.6. The maximum absolute atomic E-state index is 12.6. The SMILES string of the molecule is Cc1ccc(C(=O)O)cc1S(=O)(=O)N(C)Cc1cscn1. The smallest absolute Gasteiger partial charge is 0.335 e. The molecule has 0 amide bonds. The van der Waals surface area contributed by atoms with Crippen LogP contribution in [0.1, 0.15) is 21.6 Å². The Balaban J connectivity index is 2.38. The van der Waals surface area contributed by atoms with Gasteiger partial charge in [0.2, 0.25) is 10.0 Å². The van der Waals surface area contributed by atoms with Gasteiger partial charge < -0.3 is 5.11 Å². The van der Waals surface area contributed by atoms with Crippen molar-refractivity contribution in [3.8, 4) is 0 Å². The number of aromatic carboxylic acids is 1. The van der Waals surface area contributed by atoms with Crippen LogP contribution in [-0.2, 0) is 16.6 Å². The zero-order chi connectivity index (χ0) is 15.6. The second kappa shape index (κ2) is 5.92. The number of benzene rings is 1. The van der Waals surface area contributed by atoms with Gasteiger partial charge in [-0.1, -0.05) is 6.07 Å². The average molecular weight is 326 g/mol. The number of carboxylic acid groups (broad SMARTS) is 1. The number of rotatable bonds is 5. The molecule has 1 aromatic carbocycles. The van der Waals surface area contributed by atoms with Crippen molar-refractivity contribution in [3.05, 3.63) is 45.9 Å². The first-order valence-corrected chi connectivity index (χ1v) is 8.38. The Morgan fingerprint density at radius 1 is 1.43 bits per heavy atom. The van der Waals surface area contributed by atoms with E-state index in [1.807, 2.05) is 0 Å². The zero-order valence-corrected chi connectivity index (χ0v) is 13.1. The van der Waals surface area contributed by atoms with Crippen LogP contribution >= 0.6 is 11.3 Å². The molecule has 0 aliphatic rings. The molecule has 8 heteroatoms. The second-order valence-corrected chi connectivity index (χ2v) is 7.26. The molecule has 0 unspecified atom stereocenters. The van der Waals surface area contributed by atoms with Gasteiger partial charge in [0.1, 0.15) is 0 Å². The molecular formula is C13H14N2O4S2. The van der Waals surface area contributed by atoms with Crippen LogP contribution in [0, 0.1) is 6.92 Å². The lowest BCUT2D eigenvalue weighted by molar-refractivity contribution is 0.0696. The number of sulfonamides is 1. The third kappa shape index (κ3) is 3.29. The number of carbonyl (C=O) groups is 1. The molecule has 0 saturated heterocycles. The lowest BCUT2D eigenvalue weighted by Crippen LogP contribution is -2.27. The van der Waals surface area contributed by atoms with E-state index in [0.29, 0.717) is 11.3 Å². The van der Waals surface area contributed by atoms with Crippen LogP contribution in [0.15, 0.2) is 34.0 Å². The topological polar surface area (TPSA) is 87.6 Å². The zero-order valence-electron chi connectivity index (χ0n) is 11.5. The summed E-state index contributed by atoms with van der Waals surface area (Å²) in [5, 5.41) is 10.8. The molecule has 0 radical (unpaired) electrons. The van der Waals surface area contributed by atoms with Gasteiger partial charge in [-0.05, 0) is 24.6 Å². The Hall–Kier alpha value is -1.77. The summed E-state index contributed by atoms with van der Waals surface area (Å²) in [4.78, 5) is 15.1. The summed E-state index contributed by atoms with van der Waals surface area (Å²) in [5.41, 5.74) is 2.73. The second-order valence-electron chi connectivity index (χ2n) is 4.53. The first-order chi connectivity index (χ1) is 9.82. The van der Waals surface area contributed by atoms with Gasteiger partial charge in [0.25, 0.3) is 0 Å². The molecule has 0 fully saturated rings. The molecule has 1 N–H and O–H groups in total. The predicted molar refractivity (Wildman–Crippen MR) is 78.9 cm³/mol. The molecule has 0 bridgehead atoms. The van der Waals surface area contributed by atoms with E-state index in [9.17, 15) is 13.2 Å². The van der Waals surface area contributed by atoms with Gasteiger partial charge in [0.15, 0.2) is 0 Å². The number of thiazole rings is 1. The highest BCUT2D eigenvalue weighted by Crippen LogP contribution is 2.22. The van der Waals surface area contributed by atoms with Gasteiger partial charge >= 0.3 is 5.97 Å².